The topological polar surface area (TPSA) is 107 Å². The molecule has 116 valence electrons. The molecule has 0 aliphatic rings. The van der Waals surface area contributed by atoms with Crippen molar-refractivity contribution in [3.05, 3.63) is 52.5 Å². The Labute approximate surface area is 131 Å². The number of nitrogens with one attached hydrogen (secondary N) is 1. The molecule has 0 fully saturated rings. The number of pyridine rings is 1. The Kier molecular flexibility index (Phi) is 3.71. The number of aryl methyl sites for hydroxylation is 1. The molecule has 0 aliphatic heterocycles. The fraction of sp³-hybridized carbons (Fsp3) is 0.133. The van der Waals surface area contributed by atoms with Gasteiger partial charge in [0.05, 0.1) is 10.6 Å². The van der Waals surface area contributed by atoms with E-state index in [0.29, 0.717) is 28.7 Å². The Morgan fingerprint density at radius 1 is 1.30 bits per heavy atom. The third-order valence-corrected chi connectivity index (χ3v) is 3.30. The molecule has 2 heterocycles. The minimum Gasteiger partial charge on any atom is -0.386 e. The second kappa shape index (κ2) is 5.84. The molecule has 1 N–H and O–H groups in total. The van der Waals surface area contributed by atoms with Gasteiger partial charge < -0.3 is 9.84 Å². The maximum absolute atomic E-state index is 11.0. The Bertz CT molecular complexity index is 875. The molecule has 0 bridgehead atoms. The van der Waals surface area contributed by atoms with E-state index in [1.54, 1.807) is 38.4 Å². The second-order valence-electron chi connectivity index (χ2n) is 4.79. The molecule has 8 heteroatoms. The van der Waals surface area contributed by atoms with Crippen LogP contribution in [0.5, 0.6) is 0 Å². The van der Waals surface area contributed by atoms with E-state index >= 15 is 0 Å². The standard InChI is InChI=1S/C15H13N5O3/c1-9-18-15(23-19-9)14-13(16-2)12(6-7-17-14)10-4-3-5-11(8-10)20(21)22/h3-8,16H,1-2H3. The molecule has 0 amide bonds. The molecule has 0 atom stereocenters. The van der Waals surface area contributed by atoms with Crippen LogP contribution in [0.2, 0.25) is 0 Å². The zero-order valence-corrected chi connectivity index (χ0v) is 12.5. The summed E-state index contributed by atoms with van der Waals surface area (Å²) >= 11 is 0. The largest absolute Gasteiger partial charge is 0.386 e. The average Bonchev–Trinajstić information content (AvgIpc) is 3.00. The molecular weight excluding hydrogens is 298 g/mol. The van der Waals surface area contributed by atoms with Gasteiger partial charge in [0.2, 0.25) is 0 Å². The van der Waals surface area contributed by atoms with Crippen molar-refractivity contribution in [2.24, 2.45) is 0 Å². The normalized spacial score (nSPS) is 10.5. The predicted octanol–water partition coefficient (Wildman–Crippen LogP) is 3.06. The zero-order valence-electron chi connectivity index (χ0n) is 12.5. The Morgan fingerprint density at radius 2 is 2.13 bits per heavy atom. The molecule has 0 saturated heterocycles. The van der Waals surface area contributed by atoms with E-state index in [-0.39, 0.29) is 5.69 Å². The third kappa shape index (κ3) is 2.73. The summed E-state index contributed by atoms with van der Waals surface area (Å²) in [4.78, 5) is 19.0. The number of non-ortho nitro benzene ring substituents is 1. The SMILES string of the molecule is CNc1c(-c2cccc([N+](=O)[O-])c2)ccnc1-c1nc(C)no1. The van der Waals surface area contributed by atoms with Crippen LogP contribution >= 0.6 is 0 Å². The van der Waals surface area contributed by atoms with E-state index in [9.17, 15) is 10.1 Å². The molecule has 2 aromatic heterocycles. The van der Waals surface area contributed by atoms with Crippen LogP contribution in [0, 0.1) is 17.0 Å². The van der Waals surface area contributed by atoms with Gasteiger partial charge in [-0.2, -0.15) is 4.98 Å². The summed E-state index contributed by atoms with van der Waals surface area (Å²) in [6.07, 6.45) is 1.60. The van der Waals surface area contributed by atoms with Crippen LogP contribution in [-0.4, -0.2) is 27.1 Å². The molecule has 0 aliphatic carbocycles. The van der Waals surface area contributed by atoms with Crippen LogP contribution < -0.4 is 5.32 Å². The molecule has 23 heavy (non-hydrogen) atoms. The highest BCUT2D eigenvalue weighted by Crippen LogP contribution is 2.35. The number of hydrogen-bond donors (Lipinski definition) is 1. The van der Waals surface area contributed by atoms with Crippen molar-refractivity contribution in [2.75, 3.05) is 12.4 Å². The second-order valence-corrected chi connectivity index (χ2v) is 4.79. The van der Waals surface area contributed by atoms with Crippen molar-refractivity contribution in [3.8, 4) is 22.7 Å². The number of anilines is 1. The van der Waals surface area contributed by atoms with E-state index in [1.165, 1.54) is 12.1 Å². The smallest absolute Gasteiger partial charge is 0.278 e. The van der Waals surface area contributed by atoms with Crippen molar-refractivity contribution >= 4 is 11.4 Å². The van der Waals surface area contributed by atoms with Gasteiger partial charge in [0.25, 0.3) is 11.6 Å². The fourth-order valence-corrected chi connectivity index (χ4v) is 2.30. The number of hydrogen-bond acceptors (Lipinski definition) is 7. The lowest BCUT2D eigenvalue weighted by atomic mass is 10.0. The summed E-state index contributed by atoms with van der Waals surface area (Å²) in [6, 6.07) is 8.18. The summed E-state index contributed by atoms with van der Waals surface area (Å²) in [5.41, 5.74) is 2.64. The van der Waals surface area contributed by atoms with Gasteiger partial charge in [0.15, 0.2) is 11.5 Å². The summed E-state index contributed by atoms with van der Waals surface area (Å²) in [5.74, 6) is 0.795. The van der Waals surface area contributed by atoms with Crippen LogP contribution in [0.15, 0.2) is 41.1 Å². The number of aromatic nitrogens is 3. The van der Waals surface area contributed by atoms with E-state index in [1.807, 2.05) is 0 Å². The first-order valence-corrected chi connectivity index (χ1v) is 6.82. The lowest BCUT2D eigenvalue weighted by Crippen LogP contribution is -1.98. The number of rotatable bonds is 4. The number of nitro benzene ring substituents is 1. The quantitative estimate of drug-likeness (QED) is 0.582. The minimum absolute atomic E-state index is 0.0246. The third-order valence-electron chi connectivity index (χ3n) is 3.30. The van der Waals surface area contributed by atoms with E-state index in [0.717, 1.165) is 5.56 Å². The molecule has 1 aromatic carbocycles. The predicted molar refractivity (Wildman–Crippen MR) is 83.9 cm³/mol. The van der Waals surface area contributed by atoms with Gasteiger partial charge in [-0.1, -0.05) is 17.3 Å². The van der Waals surface area contributed by atoms with Gasteiger partial charge in [-0.05, 0) is 18.6 Å². The number of nitrogens with zero attached hydrogens (tertiary/aromatic N) is 4. The molecule has 0 saturated carbocycles. The van der Waals surface area contributed by atoms with Gasteiger partial charge in [-0.3, -0.25) is 10.1 Å². The van der Waals surface area contributed by atoms with Crippen molar-refractivity contribution < 1.29 is 9.45 Å². The van der Waals surface area contributed by atoms with E-state index < -0.39 is 4.92 Å². The summed E-state index contributed by atoms with van der Waals surface area (Å²) < 4.78 is 5.17. The molecule has 3 aromatic rings. The Morgan fingerprint density at radius 3 is 2.78 bits per heavy atom. The molecular formula is C15H13N5O3. The molecule has 0 spiro atoms. The van der Waals surface area contributed by atoms with Crippen LogP contribution in [-0.2, 0) is 0 Å². The van der Waals surface area contributed by atoms with Crippen LogP contribution in [0.1, 0.15) is 5.82 Å². The van der Waals surface area contributed by atoms with Crippen LogP contribution in [0.3, 0.4) is 0 Å². The van der Waals surface area contributed by atoms with Crippen molar-refractivity contribution in [1.82, 2.24) is 15.1 Å². The molecule has 0 unspecified atom stereocenters. The van der Waals surface area contributed by atoms with Gasteiger partial charge in [-0.15, -0.1) is 0 Å². The van der Waals surface area contributed by atoms with Crippen molar-refractivity contribution in [3.63, 3.8) is 0 Å². The van der Waals surface area contributed by atoms with Gasteiger partial charge in [-0.25, -0.2) is 4.98 Å². The summed E-state index contributed by atoms with van der Waals surface area (Å²) in [7, 11) is 1.74. The Balaban J connectivity index is 2.17. The first-order chi connectivity index (χ1) is 11.1. The maximum atomic E-state index is 11.0. The molecule has 3 rings (SSSR count). The Hall–Kier alpha value is -3.29. The maximum Gasteiger partial charge on any atom is 0.278 e. The van der Waals surface area contributed by atoms with Crippen LogP contribution in [0.25, 0.3) is 22.7 Å². The highest BCUT2D eigenvalue weighted by atomic mass is 16.6. The van der Waals surface area contributed by atoms with Crippen LogP contribution in [0.4, 0.5) is 11.4 Å². The van der Waals surface area contributed by atoms with Gasteiger partial charge in [0, 0.05) is 30.9 Å². The van der Waals surface area contributed by atoms with E-state index in [4.69, 9.17) is 4.52 Å². The van der Waals surface area contributed by atoms with Gasteiger partial charge in [0.1, 0.15) is 0 Å². The molecule has 8 nitrogen and oxygen atoms in total. The molecule has 0 radical (unpaired) electrons. The van der Waals surface area contributed by atoms with Crippen molar-refractivity contribution in [2.45, 2.75) is 6.92 Å². The first kappa shape index (κ1) is 14.6. The highest BCUT2D eigenvalue weighted by molar-refractivity contribution is 5.86. The monoisotopic (exact) mass is 311 g/mol. The number of nitro groups is 1. The highest BCUT2D eigenvalue weighted by Gasteiger charge is 2.18. The van der Waals surface area contributed by atoms with Crippen molar-refractivity contribution in [1.29, 1.82) is 0 Å². The lowest BCUT2D eigenvalue weighted by Gasteiger charge is -2.11. The summed E-state index contributed by atoms with van der Waals surface area (Å²) in [6.45, 7) is 1.72. The minimum atomic E-state index is -0.425. The average molecular weight is 311 g/mol. The van der Waals surface area contributed by atoms with E-state index in [2.05, 4.69) is 20.4 Å². The van der Waals surface area contributed by atoms with Gasteiger partial charge >= 0.3 is 0 Å². The first-order valence-electron chi connectivity index (χ1n) is 6.82. The zero-order chi connectivity index (χ0) is 16.4. The number of benzene rings is 1. The fourth-order valence-electron chi connectivity index (χ4n) is 2.30. The summed E-state index contributed by atoms with van der Waals surface area (Å²) in [5, 5.41) is 17.8. The lowest BCUT2D eigenvalue weighted by molar-refractivity contribution is -0.384.